The van der Waals surface area contributed by atoms with Gasteiger partial charge in [0, 0.05) is 34.0 Å². The van der Waals surface area contributed by atoms with Gasteiger partial charge in [0.25, 0.3) is 11.7 Å². The number of likely N-dealkylation sites (tertiary alicyclic amines) is 1. The Kier molecular flexibility index (Phi) is 5.94. The van der Waals surface area contributed by atoms with Crippen molar-refractivity contribution in [2.24, 2.45) is 0 Å². The summed E-state index contributed by atoms with van der Waals surface area (Å²) in [4.78, 5) is 31.6. The fourth-order valence-electron chi connectivity index (χ4n) is 3.67. The summed E-state index contributed by atoms with van der Waals surface area (Å²) in [7, 11) is 0. The largest absolute Gasteiger partial charge is 0.507 e. The molecule has 2 aromatic carbocycles. The number of carbonyl (C=O) groups excluding carboxylic acids is 2. The number of ketones is 1. The number of aromatic nitrogens is 1. The molecule has 1 N–H and O–H groups in total. The van der Waals surface area contributed by atoms with Crippen molar-refractivity contribution < 1.29 is 14.7 Å². The minimum Gasteiger partial charge on any atom is -0.507 e. The zero-order chi connectivity index (χ0) is 22.1. The van der Waals surface area contributed by atoms with E-state index in [-0.39, 0.29) is 17.9 Å². The molecule has 1 saturated heterocycles. The molecule has 7 heteroatoms. The highest BCUT2D eigenvalue weighted by molar-refractivity contribution is 9.10. The van der Waals surface area contributed by atoms with Crippen LogP contribution in [-0.4, -0.2) is 26.7 Å². The second-order valence-corrected chi connectivity index (χ2v) is 8.59. The average molecular weight is 498 g/mol. The van der Waals surface area contributed by atoms with E-state index < -0.39 is 17.7 Å². The summed E-state index contributed by atoms with van der Waals surface area (Å²) in [6.45, 7) is 2.07. The molecule has 4 rings (SSSR count). The Balaban J connectivity index is 1.87. The van der Waals surface area contributed by atoms with Gasteiger partial charge >= 0.3 is 0 Å². The Hall–Kier alpha value is -2.96. The van der Waals surface area contributed by atoms with Gasteiger partial charge in [0.15, 0.2) is 0 Å². The highest BCUT2D eigenvalue weighted by atomic mass is 79.9. The molecule has 0 spiro atoms. The zero-order valence-electron chi connectivity index (χ0n) is 16.5. The van der Waals surface area contributed by atoms with Crippen LogP contribution < -0.4 is 0 Å². The van der Waals surface area contributed by atoms with E-state index in [9.17, 15) is 14.7 Å². The van der Waals surface area contributed by atoms with Crippen molar-refractivity contribution in [1.29, 1.82) is 0 Å². The first kappa shape index (κ1) is 21.3. The van der Waals surface area contributed by atoms with Crippen LogP contribution in [0.25, 0.3) is 5.76 Å². The van der Waals surface area contributed by atoms with Gasteiger partial charge in [0.05, 0.1) is 11.6 Å². The van der Waals surface area contributed by atoms with E-state index >= 15 is 0 Å². The summed E-state index contributed by atoms with van der Waals surface area (Å²) in [6, 6.07) is 15.1. The number of hydrogen-bond donors (Lipinski definition) is 1. The maximum absolute atomic E-state index is 13.1. The van der Waals surface area contributed by atoms with Crippen LogP contribution in [-0.2, 0) is 16.1 Å². The fourth-order valence-corrected chi connectivity index (χ4v) is 4.04. The van der Waals surface area contributed by atoms with Gasteiger partial charge in [-0.05, 0) is 53.9 Å². The van der Waals surface area contributed by atoms with Crippen molar-refractivity contribution in [2.75, 3.05) is 0 Å². The summed E-state index contributed by atoms with van der Waals surface area (Å²) in [5.74, 6) is -1.59. The van der Waals surface area contributed by atoms with Gasteiger partial charge in [-0.2, -0.15) is 0 Å². The minimum absolute atomic E-state index is 0.0536. The lowest BCUT2D eigenvalue weighted by atomic mass is 9.95. The quantitative estimate of drug-likeness (QED) is 0.296. The molecule has 1 aromatic heterocycles. The van der Waals surface area contributed by atoms with Crippen molar-refractivity contribution in [3.8, 4) is 0 Å². The fraction of sp³-hybridized carbons (Fsp3) is 0.125. The molecule has 1 aliphatic heterocycles. The standard InChI is InChI=1S/C24H18BrClN2O3/c1-14-11-17(6-9-19(14)25)22(29)20-21(16-4-7-18(26)8-5-16)28(24(31)23(20)30)13-15-3-2-10-27-12-15/h2-12,21,29H,13H2,1H3/b22-20-. The Labute approximate surface area is 193 Å². The Morgan fingerprint density at radius 2 is 1.90 bits per heavy atom. The van der Waals surface area contributed by atoms with Crippen LogP contribution in [0.3, 0.4) is 0 Å². The number of amides is 1. The molecule has 5 nitrogen and oxygen atoms in total. The number of nitrogens with zero attached hydrogens (tertiary/aromatic N) is 2. The highest BCUT2D eigenvalue weighted by Gasteiger charge is 2.46. The third kappa shape index (κ3) is 4.13. The van der Waals surface area contributed by atoms with Crippen molar-refractivity contribution in [1.82, 2.24) is 9.88 Å². The van der Waals surface area contributed by atoms with Crippen LogP contribution >= 0.6 is 27.5 Å². The molecule has 1 atom stereocenters. The third-order valence-corrected chi connectivity index (χ3v) is 6.37. The predicted octanol–water partition coefficient (Wildman–Crippen LogP) is 5.43. The number of halogens is 2. The van der Waals surface area contributed by atoms with Crippen molar-refractivity contribution in [3.05, 3.63) is 104 Å². The van der Waals surface area contributed by atoms with E-state index in [0.717, 1.165) is 15.6 Å². The number of hydrogen-bond acceptors (Lipinski definition) is 4. The van der Waals surface area contributed by atoms with Crippen LogP contribution in [0.15, 0.2) is 77.0 Å². The van der Waals surface area contributed by atoms with Gasteiger partial charge in [-0.3, -0.25) is 14.6 Å². The average Bonchev–Trinajstić information content (AvgIpc) is 3.01. The number of carbonyl (C=O) groups is 2. The van der Waals surface area contributed by atoms with Crippen LogP contribution in [0.2, 0.25) is 5.02 Å². The van der Waals surface area contributed by atoms with E-state index in [2.05, 4.69) is 20.9 Å². The monoisotopic (exact) mass is 496 g/mol. The number of Topliss-reactive ketones (excluding diaryl/α,β-unsaturated/α-hetero) is 1. The third-order valence-electron chi connectivity index (χ3n) is 5.23. The van der Waals surface area contributed by atoms with Gasteiger partial charge in [-0.15, -0.1) is 0 Å². The number of aliphatic hydroxyl groups excluding tert-OH is 1. The number of pyridine rings is 1. The Morgan fingerprint density at radius 1 is 1.16 bits per heavy atom. The molecule has 0 bridgehead atoms. The molecule has 1 amide bonds. The lowest BCUT2D eigenvalue weighted by Gasteiger charge is -2.25. The summed E-state index contributed by atoms with van der Waals surface area (Å²) in [5, 5.41) is 11.7. The zero-order valence-corrected chi connectivity index (χ0v) is 18.9. The first-order chi connectivity index (χ1) is 14.9. The van der Waals surface area contributed by atoms with E-state index in [0.29, 0.717) is 16.1 Å². The first-order valence-corrected chi connectivity index (χ1v) is 10.7. The summed E-state index contributed by atoms with van der Waals surface area (Å²) in [6.07, 6.45) is 3.29. The molecule has 1 aliphatic rings. The predicted molar refractivity (Wildman–Crippen MR) is 122 cm³/mol. The Bertz CT molecular complexity index is 1190. The Morgan fingerprint density at radius 3 is 2.55 bits per heavy atom. The van der Waals surface area contributed by atoms with Crippen LogP contribution in [0.4, 0.5) is 0 Å². The summed E-state index contributed by atoms with van der Waals surface area (Å²) < 4.78 is 0.885. The first-order valence-electron chi connectivity index (χ1n) is 9.56. The molecule has 156 valence electrons. The van der Waals surface area contributed by atoms with Crippen LogP contribution in [0.1, 0.15) is 28.3 Å². The molecule has 3 aromatic rings. The van der Waals surface area contributed by atoms with Crippen molar-refractivity contribution >= 4 is 45.0 Å². The normalized spacial score (nSPS) is 17.9. The van der Waals surface area contributed by atoms with Crippen LogP contribution in [0, 0.1) is 6.92 Å². The van der Waals surface area contributed by atoms with Crippen LogP contribution in [0.5, 0.6) is 0 Å². The maximum Gasteiger partial charge on any atom is 0.295 e. The van der Waals surface area contributed by atoms with E-state index in [1.165, 1.54) is 4.90 Å². The lowest BCUT2D eigenvalue weighted by molar-refractivity contribution is -0.140. The van der Waals surface area contributed by atoms with Crippen molar-refractivity contribution in [3.63, 3.8) is 0 Å². The molecule has 0 radical (unpaired) electrons. The highest BCUT2D eigenvalue weighted by Crippen LogP contribution is 2.40. The molecule has 1 fully saturated rings. The minimum atomic E-state index is -0.749. The number of aryl methyl sites for hydroxylation is 1. The second kappa shape index (κ2) is 8.65. The smallest absolute Gasteiger partial charge is 0.295 e. The molecule has 1 unspecified atom stereocenters. The van der Waals surface area contributed by atoms with Gasteiger partial charge in [0.2, 0.25) is 0 Å². The van der Waals surface area contributed by atoms with Gasteiger partial charge in [-0.25, -0.2) is 0 Å². The number of aliphatic hydroxyl groups is 1. The molecular weight excluding hydrogens is 480 g/mol. The summed E-state index contributed by atoms with van der Waals surface area (Å²) >= 11 is 9.49. The molecule has 0 saturated carbocycles. The molecule has 31 heavy (non-hydrogen) atoms. The topological polar surface area (TPSA) is 70.5 Å². The SMILES string of the molecule is Cc1cc(/C(O)=C2/C(=O)C(=O)N(Cc3cccnc3)C2c2ccc(Cl)cc2)ccc1Br. The second-order valence-electron chi connectivity index (χ2n) is 7.30. The maximum atomic E-state index is 13.1. The van der Waals surface area contributed by atoms with Gasteiger partial charge < -0.3 is 10.0 Å². The van der Waals surface area contributed by atoms with E-state index in [1.807, 2.05) is 13.0 Å². The summed E-state index contributed by atoms with van der Waals surface area (Å²) in [5.41, 5.74) is 2.89. The van der Waals surface area contributed by atoms with Gasteiger partial charge in [-0.1, -0.05) is 51.8 Å². The molecular formula is C24H18BrClN2O3. The molecule has 2 heterocycles. The molecule has 0 aliphatic carbocycles. The van der Waals surface area contributed by atoms with E-state index in [1.54, 1.807) is 60.9 Å². The lowest BCUT2D eigenvalue weighted by Crippen LogP contribution is -2.29. The van der Waals surface area contributed by atoms with Crippen molar-refractivity contribution in [2.45, 2.75) is 19.5 Å². The van der Waals surface area contributed by atoms with Gasteiger partial charge in [0.1, 0.15) is 5.76 Å². The number of rotatable bonds is 4. The number of benzene rings is 2. The van der Waals surface area contributed by atoms with E-state index in [4.69, 9.17) is 11.6 Å².